The molecule has 2 N–H and O–H groups in total. The second kappa shape index (κ2) is 11.7. The van der Waals surface area contributed by atoms with E-state index in [1.54, 1.807) is 0 Å². The fourth-order valence-corrected chi connectivity index (χ4v) is 3.47. The van der Waals surface area contributed by atoms with Crippen molar-refractivity contribution in [1.82, 2.24) is 14.5 Å². The van der Waals surface area contributed by atoms with E-state index >= 15 is 0 Å². The molecule has 4 rings (SSSR count). The van der Waals surface area contributed by atoms with Gasteiger partial charge in [0.2, 0.25) is 5.88 Å². The summed E-state index contributed by atoms with van der Waals surface area (Å²) in [6.45, 7) is 6.39. The van der Waals surface area contributed by atoms with E-state index in [4.69, 9.17) is 24.5 Å². The van der Waals surface area contributed by atoms with Gasteiger partial charge in [-0.3, -0.25) is 4.90 Å². The maximum Gasteiger partial charge on any atom is 0.414 e. The molecule has 0 radical (unpaired) electrons. The van der Waals surface area contributed by atoms with Crippen LogP contribution in [0, 0.1) is 0 Å². The van der Waals surface area contributed by atoms with Gasteiger partial charge in [-0.1, -0.05) is 24.3 Å². The topological polar surface area (TPSA) is 108 Å². The molecule has 170 valence electrons. The molecule has 0 spiro atoms. The van der Waals surface area contributed by atoms with Crippen molar-refractivity contribution in [3.8, 4) is 5.88 Å². The number of pyridine rings is 1. The minimum Gasteiger partial charge on any atom is -0.477 e. The molecule has 0 unspecified atom stereocenters. The molecule has 9 heteroatoms. The summed E-state index contributed by atoms with van der Waals surface area (Å²) in [4.78, 5) is 23.2. The molecule has 0 atom stereocenters. The number of piperazine rings is 1. The van der Waals surface area contributed by atoms with Crippen LogP contribution >= 0.6 is 0 Å². The van der Waals surface area contributed by atoms with Crippen LogP contribution in [0.2, 0.25) is 0 Å². The lowest BCUT2D eigenvalue weighted by molar-refractivity contribution is -0.159. The average Bonchev–Trinajstić information content (AvgIpc) is 3.23. The fourth-order valence-electron chi connectivity index (χ4n) is 3.47. The Bertz CT molecular complexity index is 955. The van der Waals surface area contributed by atoms with Crippen molar-refractivity contribution >= 4 is 23.1 Å². The molecular weight excluding hydrogens is 412 g/mol. The van der Waals surface area contributed by atoms with Crippen LogP contribution in [0.3, 0.4) is 0 Å². The smallest absolute Gasteiger partial charge is 0.414 e. The monoisotopic (exact) mass is 440 g/mol. The number of benzene rings is 1. The van der Waals surface area contributed by atoms with Crippen molar-refractivity contribution in [3.63, 3.8) is 0 Å². The molecule has 1 fully saturated rings. The van der Waals surface area contributed by atoms with Gasteiger partial charge in [-0.15, -0.1) is 5.10 Å². The number of carboxylic acid groups (broad SMARTS) is 2. The number of anilines is 1. The minimum atomic E-state index is -1.82. The Labute approximate surface area is 186 Å². The highest BCUT2D eigenvalue weighted by atomic mass is 16.5. The lowest BCUT2D eigenvalue weighted by atomic mass is 10.2. The summed E-state index contributed by atoms with van der Waals surface area (Å²) >= 11 is 0. The van der Waals surface area contributed by atoms with E-state index in [1.807, 2.05) is 35.0 Å². The molecule has 9 nitrogen and oxygen atoms in total. The Morgan fingerprint density at radius 3 is 2.25 bits per heavy atom. The molecule has 3 heterocycles. The number of unbranched alkanes of at least 4 members (excludes halogenated alkanes) is 1. The SMILES string of the molecule is O=C(O)C(=O)O.c1ccc(N2CCN(CCCCOc3cc4ccccn4n3)CC2)cc1. The Morgan fingerprint density at radius 1 is 0.906 bits per heavy atom. The van der Waals surface area contributed by atoms with Crippen LogP contribution in [-0.2, 0) is 9.59 Å². The number of para-hydroxylation sites is 1. The van der Waals surface area contributed by atoms with Crippen LogP contribution in [-0.4, -0.2) is 76.0 Å². The number of hydrogen-bond donors (Lipinski definition) is 2. The molecule has 32 heavy (non-hydrogen) atoms. The van der Waals surface area contributed by atoms with Crippen LogP contribution in [0.5, 0.6) is 5.88 Å². The Morgan fingerprint density at radius 2 is 1.59 bits per heavy atom. The molecule has 1 saturated heterocycles. The van der Waals surface area contributed by atoms with Crippen LogP contribution < -0.4 is 9.64 Å². The summed E-state index contributed by atoms with van der Waals surface area (Å²) in [5.74, 6) is -2.93. The number of carboxylic acids is 2. The number of aromatic nitrogens is 2. The number of hydrogen-bond acceptors (Lipinski definition) is 6. The van der Waals surface area contributed by atoms with Gasteiger partial charge in [0.05, 0.1) is 12.1 Å². The van der Waals surface area contributed by atoms with Gasteiger partial charge in [0.1, 0.15) is 0 Å². The van der Waals surface area contributed by atoms with Gasteiger partial charge in [0, 0.05) is 44.1 Å². The molecule has 0 bridgehead atoms. The van der Waals surface area contributed by atoms with Gasteiger partial charge in [-0.25, -0.2) is 14.1 Å². The molecule has 1 aliphatic heterocycles. The van der Waals surface area contributed by atoms with E-state index in [2.05, 4.69) is 45.2 Å². The van der Waals surface area contributed by atoms with Crippen LogP contribution in [0.1, 0.15) is 12.8 Å². The highest BCUT2D eigenvalue weighted by molar-refractivity contribution is 6.27. The maximum atomic E-state index is 9.10. The summed E-state index contributed by atoms with van der Waals surface area (Å²) in [5.41, 5.74) is 2.41. The first-order valence-electron chi connectivity index (χ1n) is 10.6. The Balaban J connectivity index is 0.000000427. The number of aliphatic carboxylic acids is 2. The van der Waals surface area contributed by atoms with Crippen molar-refractivity contribution in [2.24, 2.45) is 0 Å². The summed E-state index contributed by atoms with van der Waals surface area (Å²) in [7, 11) is 0. The number of nitrogens with zero attached hydrogens (tertiary/aromatic N) is 4. The van der Waals surface area contributed by atoms with Gasteiger partial charge in [0.25, 0.3) is 0 Å². The molecule has 0 aliphatic carbocycles. The first-order chi connectivity index (χ1) is 15.5. The summed E-state index contributed by atoms with van der Waals surface area (Å²) in [5, 5.41) is 19.2. The third-order valence-electron chi connectivity index (χ3n) is 5.14. The van der Waals surface area contributed by atoms with E-state index in [9.17, 15) is 0 Å². The van der Waals surface area contributed by atoms with E-state index in [1.165, 1.54) is 12.1 Å². The van der Waals surface area contributed by atoms with Gasteiger partial charge >= 0.3 is 11.9 Å². The van der Waals surface area contributed by atoms with Crippen molar-refractivity contribution in [3.05, 3.63) is 60.8 Å². The lowest BCUT2D eigenvalue weighted by Gasteiger charge is -2.36. The minimum absolute atomic E-state index is 0.715. The van der Waals surface area contributed by atoms with Gasteiger partial charge in [-0.05, 0) is 43.7 Å². The zero-order valence-electron chi connectivity index (χ0n) is 17.8. The second-order valence-corrected chi connectivity index (χ2v) is 7.38. The van der Waals surface area contributed by atoms with Crippen molar-refractivity contribution < 1.29 is 24.5 Å². The van der Waals surface area contributed by atoms with Crippen LogP contribution in [0.4, 0.5) is 5.69 Å². The first kappa shape index (κ1) is 23.1. The third-order valence-corrected chi connectivity index (χ3v) is 5.14. The second-order valence-electron chi connectivity index (χ2n) is 7.38. The van der Waals surface area contributed by atoms with E-state index in [-0.39, 0.29) is 0 Å². The number of carbonyl (C=O) groups is 2. The number of rotatable bonds is 7. The lowest BCUT2D eigenvalue weighted by Crippen LogP contribution is -2.46. The Hall–Kier alpha value is -3.59. The van der Waals surface area contributed by atoms with E-state index < -0.39 is 11.9 Å². The van der Waals surface area contributed by atoms with E-state index in [0.717, 1.165) is 51.3 Å². The van der Waals surface area contributed by atoms with Gasteiger partial charge in [-0.2, -0.15) is 0 Å². The highest BCUT2D eigenvalue weighted by Crippen LogP contribution is 2.16. The van der Waals surface area contributed by atoms with Crippen LogP contribution in [0.15, 0.2) is 60.8 Å². The van der Waals surface area contributed by atoms with Gasteiger partial charge < -0.3 is 19.8 Å². The summed E-state index contributed by atoms with van der Waals surface area (Å²) in [6.07, 6.45) is 4.17. The largest absolute Gasteiger partial charge is 0.477 e. The van der Waals surface area contributed by atoms with Crippen molar-refractivity contribution in [2.45, 2.75) is 12.8 Å². The van der Waals surface area contributed by atoms with Crippen molar-refractivity contribution in [2.75, 3.05) is 44.2 Å². The van der Waals surface area contributed by atoms with E-state index in [0.29, 0.717) is 5.88 Å². The number of fused-ring (bicyclic) bond motifs is 1. The number of ether oxygens (including phenoxy) is 1. The third kappa shape index (κ3) is 6.98. The van der Waals surface area contributed by atoms with Crippen LogP contribution in [0.25, 0.3) is 5.52 Å². The molecular formula is C23H28N4O5. The molecule has 0 amide bonds. The predicted molar refractivity (Wildman–Crippen MR) is 120 cm³/mol. The standard InChI is InChI=1S/C21H26N4O.C2H2O4/c1-2-8-19(9-3-1)24-15-13-23(14-16-24)11-6-7-17-26-21-18-20-10-4-5-12-25(20)22-21;3-1(4)2(5)6/h1-5,8-10,12,18H,6-7,11,13-17H2;(H,3,4)(H,5,6). The summed E-state index contributed by atoms with van der Waals surface area (Å²) < 4.78 is 7.65. The normalized spacial score (nSPS) is 13.9. The first-order valence-corrected chi connectivity index (χ1v) is 10.6. The molecule has 1 aromatic carbocycles. The highest BCUT2D eigenvalue weighted by Gasteiger charge is 2.16. The fraction of sp³-hybridized carbons (Fsp3) is 0.348. The zero-order chi connectivity index (χ0) is 22.8. The van der Waals surface area contributed by atoms with Crippen molar-refractivity contribution in [1.29, 1.82) is 0 Å². The molecule has 0 saturated carbocycles. The Kier molecular flexibility index (Phi) is 8.44. The molecule has 1 aliphatic rings. The zero-order valence-corrected chi connectivity index (χ0v) is 17.8. The molecule has 2 aromatic heterocycles. The quantitative estimate of drug-likeness (QED) is 0.426. The van der Waals surface area contributed by atoms with Gasteiger partial charge in [0.15, 0.2) is 0 Å². The predicted octanol–water partition coefficient (Wildman–Crippen LogP) is 2.47. The maximum absolute atomic E-state index is 9.10. The summed E-state index contributed by atoms with van der Waals surface area (Å²) in [6, 6.07) is 18.7. The molecule has 3 aromatic rings. The average molecular weight is 441 g/mol.